The van der Waals surface area contributed by atoms with Gasteiger partial charge in [-0.3, -0.25) is 0 Å². The van der Waals surface area contributed by atoms with Crippen LogP contribution in [0.2, 0.25) is 0 Å². The van der Waals surface area contributed by atoms with Gasteiger partial charge >= 0.3 is 0 Å². The van der Waals surface area contributed by atoms with Crippen molar-refractivity contribution in [2.45, 2.75) is 6.54 Å². The van der Waals surface area contributed by atoms with Crippen LogP contribution < -0.4 is 19.3 Å². The maximum absolute atomic E-state index is 5.50. The summed E-state index contributed by atoms with van der Waals surface area (Å²) in [6.45, 7) is 5.39. The Hall–Kier alpha value is -1.72. The zero-order valence-corrected chi connectivity index (χ0v) is 15.8. The minimum Gasteiger partial charge on any atom is -0.497 e. The largest absolute Gasteiger partial charge is 0.497 e. The molecule has 1 aliphatic heterocycles. The summed E-state index contributed by atoms with van der Waals surface area (Å²) in [7, 11) is 3.44. The number of nitrogens with one attached hydrogen (secondary N) is 1. The van der Waals surface area contributed by atoms with Crippen LogP contribution in [0.25, 0.3) is 0 Å². The Kier molecular flexibility index (Phi) is 5.63. The SMILES string of the molecule is COc1ccc(N2CC[NH+](Cc3cc(Br)ccc3OC)CC2)cc1. The molecule has 2 aromatic carbocycles. The molecule has 1 heterocycles. The topological polar surface area (TPSA) is 26.1 Å². The van der Waals surface area contributed by atoms with Gasteiger partial charge in [0.15, 0.2) is 0 Å². The fourth-order valence-corrected chi connectivity index (χ4v) is 3.61. The van der Waals surface area contributed by atoms with Gasteiger partial charge in [-0.15, -0.1) is 0 Å². The lowest BCUT2D eigenvalue weighted by molar-refractivity contribution is -0.914. The van der Waals surface area contributed by atoms with Crippen molar-refractivity contribution in [1.82, 2.24) is 0 Å². The number of quaternary nitrogens is 1. The minimum atomic E-state index is 0.907. The third-order valence-electron chi connectivity index (χ3n) is 4.59. The number of anilines is 1. The summed E-state index contributed by atoms with van der Waals surface area (Å²) in [6.07, 6.45) is 0. The summed E-state index contributed by atoms with van der Waals surface area (Å²) in [6, 6.07) is 14.6. The molecule has 1 fully saturated rings. The maximum atomic E-state index is 5.50. The quantitative estimate of drug-likeness (QED) is 0.847. The van der Waals surface area contributed by atoms with Gasteiger partial charge in [0.2, 0.25) is 0 Å². The van der Waals surface area contributed by atoms with Gasteiger partial charge < -0.3 is 19.3 Å². The lowest BCUT2D eigenvalue weighted by Gasteiger charge is -2.34. The number of halogens is 1. The first-order valence-corrected chi connectivity index (χ1v) is 9.04. The van der Waals surface area contributed by atoms with Crippen LogP contribution in [-0.2, 0) is 6.54 Å². The first-order chi connectivity index (χ1) is 11.7. The molecule has 4 nitrogen and oxygen atoms in total. The molecule has 5 heteroatoms. The number of methoxy groups -OCH3 is 2. The molecule has 1 N–H and O–H groups in total. The van der Waals surface area contributed by atoms with Crippen molar-refractivity contribution in [3.8, 4) is 11.5 Å². The number of benzene rings is 2. The Labute approximate surface area is 152 Å². The zero-order chi connectivity index (χ0) is 16.9. The van der Waals surface area contributed by atoms with Crippen molar-refractivity contribution in [3.05, 3.63) is 52.5 Å². The van der Waals surface area contributed by atoms with Crippen molar-refractivity contribution in [2.24, 2.45) is 0 Å². The fourth-order valence-electron chi connectivity index (χ4n) is 3.21. The number of rotatable bonds is 5. The number of piperazine rings is 1. The highest BCUT2D eigenvalue weighted by molar-refractivity contribution is 9.10. The van der Waals surface area contributed by atoms with Gasteiger partial charge in [-0.1, -0.05) is 15.9 Å². The summed E-state index contributed by atoms with van der Waals surface area (Å²) >= 11 is 3.56. The second kappa shape index (κ2) is 7.90. The zero-order valence-electron chi connectivity index (χ0n) is 14.2. The molecule has 3 rings (SSSR count). The average molecular weight is 392 g/mol. The van der Waals surface area contributed by atoms with Crippen LogP contribution in [-0.4, -0.2) is 40.4 Å². The second-order valence-electron chi connectivity index (χ2n) is 6.07. The molecule has 0 amide bonds. The van der Waals surface area contributed by atoms with Crippen molar-refractivity contribution in [1.29, 1.82) is 0 Å². The van der Waals surface area contributed by atoms with Gasteiger partial charge in [0.05, 0.1) is 40.4 Å². The molecule has 0 atom stereocenters. The van der Waals surface area contributed by atoms with E-state index >= 15 is 0 Å². The van der Waals surface area contributed by atoms with Crippen LogP contribution >= 0.6 is 15.9 Å². The third kappa shape index (κ3) is 4.02. The van der Waals surface area contributed by atoms with Crippen LogP contribution in [0.4, 0.5) is 5.69 Å². The van der Waals surface area contributed by atoms with E-state index in [1.807, 2.05) is 24.3 Å². The molecule has 128 valence electrons. The molecular weight excluding hydrogens is 368 g/mol. The molecule has 0 aromatic heterocycles. The Morgan fingerprint density at radius 2 is 1.71 bits per heavy atom. The normalized spacial score (nSPS) is 15.4. The Balaban J connectivity index is 1.60. The van der Waals surface area contributed by atoms with E-state index in [2.05, 4.69) is 39.0 Å². The predicted octanol–water partition coefficient (Wildman–Crippen LogP) is 2.37. The molecule has 0 unspecified atom stereocenters. The molecule has 0 saturated carbocycles. The van der Waals surface area contributed by atoms with Crippen molar-refractivity contribution in [2.75, 3.05) is 45.3 Å². The van der Waals surface area contributed by atoms with E-state index in [0.717, 1.165) is 48.7 Å². The molecular formula is C19H24BrN2O2+. The van der Waals surface area contributed by atoms with Gasteiger partial charge in [-0.05, 0) is 42.5 Å². The number of ether oxygens (including phenoxy) is 2. The van der Waals surface area contributed by atoms with E-state index in [4.69, 9.17) is 9.47 Å². The summed E-state index contributed by atoms with van der Waals surface area (Å²) in [5.74, 6) is 1.88. The van der Waals surface area contributed by atoms with E-state index in [9.17, 15) is 0 Å². The van der Waals surface area contributed by atoms with Crippen LogP contribution in [0.5, 0.6) is 11.5 Å². The Bertz CT molecular complexity index is 668. The number of nitrogens with zero attached hydrogens (tertiary/aromatic N) is 1. The second-order valence-corrected chi connectivity index (χ2v) is 6.98. The van der Waals surface area contributed by atoms with E-state index < -0.39 is 0 Å². The molecule has 1 aliphatic rings. The van der Waals surface area contributed by atoms with Gasteiger partial charge in [0, 0.05) is 15.7 Å². The number of hydrogen-bond donors (Lipinski definition) is 1. The lowest BCUT2D eigenvalue weighted by atomic mass is 10.1. The molecule has 0 bridgehead atoms. The lowest BCUT2D eigenvalue weighted by Crippen LogP contribution is -3.13. The summed E-state index contributed by atoms with van der Waals surface area (Å²) in [5.41, 5.74) is 2.54. The molecule has 24 heavy (non-hydrogen) atoms. The standard InChI is InChI=1S/C19H23BrN2O2/c1-23-18-6-4-17(5-7-18)22-11-9-21(10-12-22)14-15-13-16(20)3-8-19(15)24-2/h3-8,13H,9-12,14H2,1-2H3/p+1. The first kappa shape index (κ1) is 17.1. The van der Waals surface area contributed by atoms with Crippen molar-refractivity contribution < 1.29 is 14.4 Å². The molecule has 0 aliphatic carbocycles. The van der Waals surface area contributed by atoms with E-state index in [1.54, 1.807) is 19.1 Å². The monoisotopic (exact) mass is 391 g/mol. The van der Waals surface area contributed by atoms with Crippen molar-refractivity contribution in [3.63, 3.8) is 0 Å². The molecule has 1 saturated heterocycles. The summed E-state index contributed by atoms with van der Waals surface area (Å²) in [5, 5.41) is 0. The molecule has 2 aromatic rings. The predicted molar refractivity (Wildman–Crippen MR) is 100 cm³/mol. The highest BCUT2D eigenvalue weighted by Crippen LogP contribution is 2.22. The number of hydrogen-bond acceptors (Lipinski definition) is 3. The fraction of sp³-hybridized carbons (Fsp3) is 0.368. The molecule has 0 spiro atoms. The average Bonchev–Trinajstić information content (AvgIpc) is 2.63. The Morgan fingerprint density at radius 1 is 1.00 bits per heavy atom. The summed E-state index contributed by atoms with van der Waals surface area (Å²) < 4.78 is 11.8. The van der Waals surface area contributed by atoms with Crippen LogP contribution in [0.3, 0.4) is 0 Å². The van der Waals surface area contributed by atoms with Gasteiger partial charge in [0.1, 0.15) is 18.0 Å². The highest BCUT2D eigenvalue weighted by atomic mass is 79.9. The van der Waals surface area contributed by atoms with Gasteiger partial charge in [-0.2, -0.15) is 0 Å². The molecule has 0 radical (unpaired) electrons. The van der Waals surface area contributed by atoms with E-state index in [0.29, 0.717) is 0 Å². The Morgan fingerprint density at radius 3 is 2.33 bits per heavy atom. The van der Waals surface area contributed by atoms with Gasteiger partial charge in [-0.25, -0.2) is 0 Å². The maximum Gasteiger partial charge on any atom is 0.127 e. The van der Waals surface area contributed by atoms with E-state index in [-0.39, 0.29) is 0 Å². The van der Waals surface area contributed by atoms with E-state index in [1.165, 1.54) is 11.3 Å². The van der Waals surface area contributed by atoms with Crippen LogP contribution in [0.15, 0.2) is 46.9 Å². The van der Waals surface area contributed by atoms with Crippen molar-refractivity contribution >= 4 is 21.6 Å². The minimum absolute atomic E-state index is 0.907. The van der Waals surface area contributed by atoms with Gasteiger partial charge in [0.25, 0.3) is 0 Å². The van der Waals surface area contributed by atoms with Crippen LogP contribution in [0.1, 0.15) is 5.56 Å². The highest BCUT2D eigenvalue weighted by Gasteiger charge is 2.21. The first-order valence-electron chi connectivity index (χ1n) is 8.24. The third-order valence-corrected chi connectivity index (χ3v) is 5.08. The summed E-state index contributed by atoms with van der Waals surface area (Å²) in [4.78, 5) is 4.04. The smallest absolute Gasteiger partial charge is 0.127 e. The van der Waals surface area contributed by atoms with Crippen LogP contribution in [0, 0.1) is 0 Å².